The van der Waals surface area contributed by atoms with Gasteiger partial charge in [0, 0.05) is 16.7 Å². The maximum Gasteiger partial charge on any atom is 0.219 e. The van der Waals surface area contributed by atoms with E-state index in [0.29, 0.717) is 21.7 Å². The molecule has 4 heteroatoms. The molecule has 0 aliphatic carbocycles. The summed E-state index contributed by atoms with van der Waals surface area (Å²) in [5.74, 6) is 1.17. The van der Waals surface area contributed by atoms with Crippen LogP contribution in [0.15, 0.2) is 47.1 Å². The summed E-state index contributed by atoms with van der Waals surface area (Å²) in [4.78, 5) is 4.04. The summed E-state index contributed by atoms with van der Waals surface area (Å²) in [5, 5.41) is 8.77. The first-order valence-corrected chi connectivity index (χ1v) is 5.37. The number of nitriles is 1. The molecule has 1 heterocycles. The zero-order valence-electron chi connectivity index (χ0n) is 8.22. The molecule has 0 N–H and O–H groups in total. The lowest BCUT2D eigenvalue weighted by Crippen LogP contribution is -1.87. The number of nitrogens with zero attached hydrogens (tertiary/aromatic N) is 2. The number of benzene rings is 1. The Kier molecular flexibility index (Phi) is 3.18. The van der Waals surface area contributed by atoms with Crippen LogP contribution in [0.2, 0.25) is 0 Å². The van der Waals surface area contributed by atoms with Crippen LogP contribution in [-0.4, -0.2) is 4.98 Å². The van der Waals surface area contributed by atoms with Crippen LogP contribution in [0.3, 0.4) is 0 Å². The molecule has 0 saturated carbocycles. The molecule has 2 aromatic rings. The molecule has 0 amide bonds. The summed E-state index contributed by atoms with van der Waals surface area (Å²) in [7, 11) is 0. The maximum absolute atomic E-state index is 8.77. The Balaban J connectivity index is 2.24. The molecule has 0 radical (unpaired) electrons. The lowest BCUT2D eigenvalue weighted by atomic mass is 10.2. The van der Waals surface area contributed by atoms with Gasteiger partial charge in [-0.1, -0.05) is 6.07 Å². The molecule has 1 aromatic carbocycles. The fourth-order valence-electron chi connectivity index (χ4n) is 1.18. The molecule has 16 heavy (non-hydrogen) atoms. The lowest BCUT2D eigenvalue weighted by molar-refractivity contribution is 0.462. The summed E-state index contributed by atoms with van der Waals surface area (Å²) in [5.41, 5.74) is 0.577. The third-order valence-corrected chi connectivity index (χ3v) is 2.58. The number of hydrogen-bond acceptors (Lipinski definition) is 3. The van der Waals surface area contributed by atoms with E-state index in [-0.39, 0.29) is 0 Å². The number of pyridine rings is 1. The average molecular weight is 275 g/mol. The molecule has 1 aromatic heterocycles. The quantitative estimate of drug-likeness (QED) is 0.842. The molecule has 3 nitrogen and oxygen atoms in total. The Bertz CT molecular complexity index is 534. The Labute approximate surface area is 101 Å². The second-order valence-electron chi connectivity index (χ2n) is 3.02. The van der Waals surface area contributed by atoms with Crippen molar-refractivity contribution in [1.29, 1.82) is 5.26 Å². The van der Waals surface area contributed by atoms with Crippen LogP contribution in [0.5, 0.6) is 11.6 Å². The van der Waals surface area contributed by atoms with E-state index in [1.165, 1.54) is 0 Å². The van der Waals surface area contributed by atoms with Gasteiger partial charge in [0.1, 0.15) is 11.8 Å². The number of aromatic nitrogens is 1. The molecule has 0 saturated heterocycles. The molecule has 2 rings (SSSR count). The minimum Gasteiger partial charge on any atom is -0.439 e. The summed E-state index contributed by atoms with van der Waals surface area (Å²) in [6.07, 6.45) is 1.66. The van der Waals surface area contributed by atoms with Gasteiger partial charge in [-0.25, -0.2) is 4.98 Å². The number of rotatable bonds is 2. The first-order chi connectivity index (χ1) is 7.79. The van der Waals surface area contributed by atoms with Crippen LogP contribution in [0, 0.1) is 11.3 Å². The highest BCUT2D eigenvalue weighted by molar-refractivity contribution is 9.10. The lowest BCUT2D eigenvalue weighted by Gasteiger charge is -2.04. The SMILES string of the molecule is N#Cc1ccc(Oc2ccccn2)cc1Br. The number of hydrogen-bond donors (Lipinski definition) is 0. The van der Waals surface area contributed by atoms with E-state index in [0.717, 1.165) is 0 Å². The van der Waals surface area contributed by atoms with Gasteiger partial charge in [-0.05, 0) is 40.2 Å². The Morgan fingerprint density at radius 2 is 2.12 bits per heavy atom. The van der Waals surface area contributed by atoms with E-state index in [1.54, 1.807) is 30.5 Å². The smallest absolute Gasteiger partial charge is 0.219 e. The summed E-state index contributed by atoms with van der Waals surface area (Å²) >= 11 is 3.30. The van der Waals surface area contributed by atoms with Crippen molar-refractivity contribution >= 4 is 15.9 Å². The second-order valence-corrected chi connectivity index (χ2v) is 3.88. The van der Waals surface area contributed by atoms with Crippen molar-refractivity contribution in [3.05, 3.63) is 52.6 Å². The summed E-state index contributed by atoms with van der Waals surface area (Å²) in [6.45, 7) is 0. The van der Waals surface area contributed by atoms with Gasteiger partial charge in [0.2, 0.25) is 5.88 Å². The van der Waals surface area contributed by atoms with Crippen molar-refractivity contribution < 1.29 is 4.74 Å². The monoisotopic (exact) mass is 274 g/mol. The topological polar surface area (TPSA) is 45.9 Å². The molecule has 0 spiro atoms. The predicted octanol–water partition coefficient (Wildman–Crippen LogP) is 3.51. The van der Waals surface area contributed by atoms with Crippen molar-refractivity contribution in [2.24, 2.45) is 0 Å². The highest BCUT2D eigenvalue weighted by Crippen LogP contribution is 2.25. The molecule has 0 unspecified atom stereocenters. The van der Waals surface area contributed by atoms with Gasteiger partial charge < -0.3 is 4.74 Å². The Hall–Kier alpha value is -1.86. The molecule has 0 atom stereocenters. The predicted molar refractivity (Wildman–Crippen MR) is 63.2 cm³/mol. The van der Waals surface area contributed by atoms with Gasteiger partial charge in [-0.15, -0.1) is 0 Å². The van der Waals surface area contributed by atoms with Crippen molar-refractivity contribution in [1.82, 2.24) is 4.98 Å². The highest BCUT2D eigenvalue weighted by Gasteiger charge is 2.02. The molecular formula is C12H7BrN2O. The molecule has 0 bridgehead atoms. The molecular weight excluding hydrogens is 268 g/mol. The van der Waals surface area contributed by atoms with E-state index in [4.69, 9.17) is 10.00 Å². The standard InChI is InChI=1S/C12H7BrN2O/c13-11-7-10(5-4-9(11)8-14)16-12-3-1-2-6-15-12/h1-7H. The minimum atomic E-state index is 0.527. The third kappa shape index (κ3) is 2.38. The maximum atomic E-state index is 8.77. The number of ether oxygens (including phenoxy) is 1. The largest absolute Gasteiger partial charge is 0.439 e. The molecule has 0 aliphatic heterocycles. The normalized spacial score (nSPS) is 9.50. The van der Waals surface area contributed by atoms with Crippen molar-refractivity contribution in [2.75, 3.05) is 0 Å². The zero-order valence-corrected chi connectivity index (χ0v) is 9.81. The van der Waals surface area contributed by atoms with Gasteiger partial charge in [0.05, 0.1) is 5.56 Å². The third-order valence-electron chi connectivity index (χ3n) is 1.92. The molecule has 0 aliphatic rings. The fraction of sp³-hybridized carbons (Fsp3) is 0. The van der Waals surface area contributed by atoms with Gasteiger partial charge >= 0.3 is 0 Å². The minimum absolute atomic E-state index is 0.527. The van der Waals surface area contributed by atoms with Crippen LogP contribution in [-0.2, 0) is 0 Å². The van der Waals surface area contributed by atoms with Crippen LogP contribution in [0.4, 0.5) is 0 Å². The Morgan fingerprint density at radius 3 is 2.75 bits per heavy atom. The van der Waals surface area contributed by atoms with E-state index < -0.39 is 0 Å². The van der Waals surface area contributed by atoms with E-state index in [2.05, 4.69) is 27.0 Å². The van der Waals surface area contributed by atoms with Crippen molar-refractivity contribution in [3.63, 3.8) is 0 Å². The van der Waals surface area contributed by atoms with Crippen LogP contribution < -0.4 is 4.74 Å². The van der Waals surface area contributed by atoms with Gasteiger partial charge in [0.15, 0.2) is 0 Å². The van der Waals surface area contributed by atoms with Crippen molar-refractivity contribution in [3.8, 4) is 17.7 Å². The summed E-state index contributed by atoms with van der Waals surface area (Å²) in [6, 6.07) is 12.7. The molecule has 0 fully saturated rings. The van der Waals surface area contributed by atoms with Gasteiger partial charge in [-0.2, -0.15) is 5.26 Å². The van der Waals surface area contributed by atoms with Crippen molar-refractivity contribution in [2.45, 2.75) is 0 Å². The highest BCUT2D eigenvalue weighted by atomic mass is 79.9. The average Bonchev–Trinajstić information content (AvgIpc) is 2.31. The van der Waals surface area contributed by atoms with Gasteiger partial charge in [-0.3, -0.25) is 0 Å². The molecule has 78 valence electrons. The summed E-state index contributed by atoms with van der Waals surface area (Å²) < 4.78 is 6.22. The Morgan fingerprint density at radius 1 is 1.25 bits per heavy atom. The van der Waals surface area contributed by atoms with Gasteiger partial charge in [0.25, 0.3) is 0 Å². The van der Waals surface area contributed by atoms with E-state index in [9.17, 15) is 0 Å². The van der Waals surface area contributed by atoms with Crippen LogP contribution >= 0.6 is 15.9 Å². The first kappa shape index (κ1) is 10.7. The van der Waals surface area contributed by atoms with Crippen LogP contribution in [0.25, 0.3) is 0 Å². The number of halogens is 1. The zero-order chi connectivity index (χ0) is 11.4. The first-order valence-electron chi connectivity index (χ1n) is 4.58. The van der Waals surface area contributed by atoms with Crippen LogP contribution in [0.1, 0.15) is 5.56 Å². The van der Waals surface area contributed by atoms with E-state index >= 15 is 0 Å². The fourth-order valence-corrected chi connectivity index (χ4v) is 1.62. The second kappa shape index (κ2) is 4.77. The van der Waals surface area contributed by atoms with E-state index in [1.807, 2.05) is 12.1 Å².